The van der Waals surface area contributed by atoms with Gasteiger partial charge in [-0.1, -0.05) is 23.7 Å². The van der Waals surface area contributed by atoms with Crippen LogP contribution in [0.1, 0.15) is 40.9 Å². The number of aromatic nitrogens is 1. The lowest BCUT2D eigenvalue weighted by molar-refractivity contribution is 0.0840. The molecule has 1 atom stereocenters. The Bertz CT molecular complexity index is 1510. The van der Waals surface area contributed by atoms with E-state index in [0.717, 1.165) is 53.9 Å². The second-order valence-corrected chi connectivity index (χ2v) is 12.2. The highest BCUT2D eigenvalue weighted by molar-refractivity contribution is 7.21. The molecule has 0 amide bonds. The summed E-state index contributed by atoms with van der Waals surface area (Å²) in [6.45, 7) is 0. The van der Waals surface area contributed by atoms with Gasteiger partial charge in [-0.15, -0.1) is 11.3 Å². The number of nitrogens with one attached hydrogen (secondary N) is 1. The number of nitrogens with zero attached hydrogens (tertiary/aromatic N) is 2. The monoisotopic (exact) mass is 579 g/mol. The Kier molecular flexibility index (Phi) is 8.74. The maximum absolute atomic E-state index is 14.7. The minimum absolute atomic E-state index is 0.00947. The zero-order chi connectivity index (χ0) is 28.4. The molecule has 2 aromatic carbocycles. The first-order valence-electron chi connectivity index (χ1n) is 13.7. The number of halogens is 2. The molecule has 2 aromatic heterocycles. The number of ether oxygens (including phenoxy) is 1. The molecule has 0 bridgehead atoms. The minimum Gasteiger partial charge on any atom is -0.496 e. The quantitative estimate of drug-likeness (QED) is 0.206. The van der Waals surface area contributed by atoms with Crippen LogP contribution in [-0.4, -0.2) is 45.1 Å². The molecule has 1 N–H and O–H groups in total. The summed E-state index contributed by atoms with van der Waals surface area (Å²) in [6, 6.07) is 15.5. The van der Waals surface area contributed by atoms with Gasteiger partial charge in [0.05, 0.1) is 17.0 Å². The second kappa shape index (κ2) is 12.2. The zero-order valence-electron chi connectivity index (χ0n) is 23.3. The molecular formula is C32H35ClFN3O2S. The van der Waals surface area contributed by atoms with Gasteiger partial charge in [0.1, 0.15) is 17.4 Å². The fraction of sp³-hybridized carbons (Fsp3) is 0.375. The number of fused-ring (bicyclic) bond motifs is 1. The van der Waals surface area contributed by atoms with E-state index in [1.165, 1.54) is 17.4 Å². The molecule has 1 fully saturated rings. The summed E-state index contributed by atoms with van der Waals surface area (Å²) in [7, 11) is 7.59. The summed E-state index contributed by atoms with van der Waals surface area (Å²) < 4.78 is 21.1. The van der Waals surface area contributed by atoms with E-state index in [1.54, 1.807) is 13.2 Å². The van der Waals surface area contributed by atoms with E-state index < -0.39 is 5.82 Å². The topological polar surface area (TPSA) is 54.5 Å². The normalized spacial score (nSPS) is 18.1. The summed E-state index contributed by atoms with van der Waals surface area (Å²) in [5.74, 6) is 1.11. The molecule has 1 unspecified atom stereocenters. The predicted octanol–water partition coefficient (Wildman–Crippen LogP) is 7.65. The summed E-state index contributed by atoms with van der Waals surface area (Å²) in [4.78, 5) is 21.2. The number of ketones is 1. The summed E-state index contributed by atoms with van der Waals surface area (Å²) in [5.41, 5.74) is 3.05. The average molecular weight is 580 g/mol. The van der Waals surface area contributed by atoms with Crippen LogP contribution in [0.4, 0.5) is 10.2 Å². The molecular weight excluding hydrogens is 545 g/mol. The predicted molar refractivity (Wildman–Crippen MR) is 164 cm³/mol. The summed E-state index contributed by atoms with van der Waals surface area (Å²) >= 11 is 7.99. The number of hydrogen-bond acceptors (Lipinski definition) is 6. The number of Topliss-reactive ketones (excluding diaryl/α,β-unsaturated/α-hetero) is 1. The molecule has 5 rings (SSSR count). The molecule has 1 aliphatic carbocycles. The maximum atomic E-state index is 14.7. The number of carbonyl (C=O) groups is 1. The largest absolute Gasteiger partial charge is 0.496 e. The standard InChI is InChI=1S/C32H35ClFN3O2S/c1-35-23-11-8-19(9-12-23)24(31(38)32-30(33)29-25(34)6-5-7-27(29)40-32)17-22-16-20(10-13-26(22)39-4)21-14-15-36-28(18-21)37(2)3/h5-7,10,13-16,18-19,23-24,35H,8-9,11-12,17H2,1-4H3/t19-,23-,24?. The molecule has 5 nitrogen and oxygen atoms in total. The number of carbonyl (C=O) groups excluding carboxylic acids is 1. The van der Waals surface area contributed by atoms with Crippen molar-refractivity contribution < 1.29 is 13.9 Å². The number of thiophene rings is 1. The van der Waals surface area contributed by atoms with E-state index in [2.05, 4.69) is 22.4 Å². The van der Waals surface area contributed by atoms with Crippen molar-refractivity contribution in [3.8, 4) is 16.9 Å². The molecule has 40 heavy (non-hydrogen) atoms. The first-order valence-corrected chi connectivity index (χ1v) is 14.9. The molecule has 0 saturated heterocycles. The lowest BCUT2D eigenvalue weighted by Gasteiger charge is -2.33. The Labute approximate surface area is 244 Å². The second-order valence-electron chi connectivity index (χ2n) is 10.8. The van der Waals surface area contributed by atoms with Crippen LogP contribution in [0.3, 0.4) is 0 Å². The Morgan fingerprint density at radius 1 is 1.15 bits per heavy atom. The average Bonchev–Trinajstić information content (AvgIpc) is 3.32. The Hall–Kier alpha value is -3.00. The third kappa shape index (κ3) is 5.73. The highest BCUT2D eigenvalue weighted by Crippen LogP contribution is 2.42. The number of anilines is 1. The molecule has 0 radical (unpaired) electrons. The maximum Gasteiger partial charge on any atom is 0.178 e. The van der Waals surface area contributed by atoms with Crippen molar-refractivity contribution in [2.24, 2.45) is 11.8 Å². The van der Waals surface area contributed by atoms with Crippen LogP contribution < -0.4 is 15.0 Å². The van der Waals surface area contributed by atoms with Crippen LogP contribution >= 0.6 is 22.9 Å². The smallest absolute Gasteiger partial charge is 0.178 e. The van der Waals surface area contributed by atoms with E-state index in [0.29, 0.717) is 27.4 Å². The van der Waals surface area contributed by atoms with Crippen molar-refractivity contribution in [2.45, 2.75) is 38.1 Å². The van der Waals surface area contributed by atoms with Crippen molar-refractivity contribution >= 4 is 44.6 Å². The van der Waals surface area contributed by atoms with Gasteiger partial charge in [0.15, 0.2) is 5.78 Å². The van der Waals surface area contributed by atoms with Crippen LogP contribution in [0.15, 0.2) is 54.7 Å². The van der Waals surface area contributed by atoms with Crippen molar-refractivity contribution in [2.75, 3.05) is 33.2 Å². The molecule has 0 spiro atoms. The first kappa shape index (κ1) is 28.5. The van der Waals surface area contributed by atoms with Crippen LogP contribution in [0, 0.1) is 17.7 Å². The highest BCUT2D eigenvalue weighted by Gasteiger charge is 2.35. The molecule has 8 heteroatoms. The van der Waals surface area contributed by atoms with E-state index >= 15 is 0 Å². The Morgan fingerprint density at radius 3 is 2.58 bits per heavy atom. The van der Waals surface area contributed by atoms with Gasteiger partial charge in [-0.3, -0.25) is 4.79 Å². The van der Waals surface area contributed by atoms with E-state index in [1.807, 2.05) is 56.5 Å². The number of methoxy groups -OCH3 is 1. The van der Waals surface area contributed by atoms with E-state index in [4.69, 9.17) is 16.3 Å². The molecule has 1 aliphatic rings. The first-order chi connectivity index (χ1) is 19.3. The lowest BCUT2D eigenvalue weighted by atomic mass is 9.73. The third-order valence-corrected chi connectivity index (χ3v) is 9.83. The number of pyridine rings is 1. The zero-order valence-corrected chi connectivity index (χ0v) is 24.9. The van der Waals surface area contributed by atoms with Gasteiger partial charge < -0.3 is 15.0 Å². The van der Waals surface area contributed by atoms with Gasteiger partial charge >= 0.3 is 0 Å². The van der Waals surface area contributed by atoms with Crippen molar-refractivity contribution in [1.82, 2.24) is 10.3 Å². The van der Waals surface area contributed by atoms with E-state index in [9.17, 15) is 9.18 Å². The highest BCUT2D eigenvalue weighted by atomic mass is 35.5. The number of benzene rings is 2. The Morgan fingerprint density at radius 2 is 1.90 bits per heavy atom. The Balaban J connectivity index is 1.54. The van der Waals surface area contributed by atoms with Crippen LogP contribution in [-0.2, 0) is 6.42 Å². The fourth-order valence-electron chi connectivity index (χ4n) is 5.88. The van der Waals surface area contributed by atoms with Crippen LogP contribution in [0.25, 0.3) is 21.2 Å². The number of hydrogen-bond donors (Lipinski definition) is 1. The van der Waals surface area contributed by atoms with Gasteiger partial charge in [-0.2, -0.15) is 0 Å². The van der Waals surface area contributed by atoms with Crippen molar-refractivity contribution in [3.63, 3.8) is 0 Å². The van der Waals surface area contributed by atoms with Crippen LogP contribution in [0.5, 0.6) is 5.75 Å². The minimum atomic E-state index is -0.396. The van der Waals surface area contributed by atoms with Gasteiger partial charge in [0.25, 0.3) is 0 Å². The molecule has 1 saturated carbocycles. The molecule has 210 valence electrons. The summed E-state index contributed by atoms with van der Waals surface area (Å²) in [6.07, 6.45) is 6.24. The summed E-state index contributed by atoms with van der Waals surface area (Å²) in [5, 5.41) is 3.95. The third-order valence-electron chi connectivity index (χ3n) is 8.17. The van der Waals surface area contributed by atoms with Crippen LogP contribution in [0.2, 0.25) is 5.02 Å². The van der Waals surface area contributed by atoms with Crippen molar-refractivity contribution in [3.05, 3.63) is 76.0 Å². The SMILES string of the molecule is CN[C@H]1CC[C@H](C(Cc2cc(-c3ccnc(N(C)C)c3)ccc2OC)C(=O)c2sc3cccc(F)c3c2Cl)CC1. The number of rotatable bonds is 9. The van der Waals surface area contributed by atoms with E-state index in [-0.39, 0.29) is 22.6 Å². The van der Waals surface area contributed by atoms with Gasteiger partial charge in [0, 0.05) is 42.3 Å². The van der Waals surface area contributed by atoms with Gasteiger partial charge in [-0.25, -0.2) is 9.37 Å². The van der Waals surface area contributed by atoms with Gasteiger partial charge in [0.2, 0.25) is 0 Å². The molecule has 2 heterocycles. The van der Waals surface area contributed by atoms with Crippen molar-refractivity contribution in [1.29, 1.82) is 0 Å². The lowest BCUT2D eigenvalue weighted by Crippen LogP contribution is -2.35. The molecule has 0 aliphatic heterocycles. The van der Waals surface area contributed by atoms with Gasteiger partial charge in [-0.05, 0) is 98.2 Å². The fourth-order valence-corrected chi connectivity index (χ4v) is 7.45. The molecule has 4 aromatic rings.